The molecule has 0 radical (unpaired) electrons. The molecular weight excluding hydrogens is 528 g/mol. The quantitative estimate of drug-likeness (QED) is 0.230. The molecule has 1 N–H and O–H groups in total. The largest absolute Gasteiger partial charge is 0.456 e. The zero-order valence-electron chi connectivity index (χ0n) is 17.2. The van der Waals surface area contributed by atoms with Gasteiger partial charge in [0.25, 0.3) is 0 Å². The van der Waals surface area contributed by atoms with Crippen molar-refractivity contribution in [3.05, 3.63) is 116 Å². The van der Waals surface area contributed by atoms with E-state index in [2.05, 4.69) is 63.0 Å². The number of ether oxygens (including phenoxy) is 1. The molecule has 0 aromatic heterocycles. The van der Waals surface area contributed by atoms with E-state index in [9.17, 15) is 5.11 Å². The lowest BCUT2D eigenvalue weighted by atomic mass is 9.74. The number of halogens is 2. The molecule has 1 heterocycles. The average molecular weight is 546 g/mol. The van der Waals surface area contributed by atoms with Crippen molar-refractivity contribution in [2.45, 2.75) is 12.5 Å². The molecule has 5 aromatic carbocycles. The molecule has 5 aromatic rings. The van der Waals surface area contributed by atoms with Gasteiger partial charge in [0, 0.05) is 20.1 Å². The van der Waals surface area contributed by atoms with Crippen LogP contribution in [0.2, 0.25) is 0 Å². The molecule has 0 unspecified atom stereocenters. The van der Waals surface area contributed by atoms with Crippen LogP contribution in [0.1, 0.15) is 22.3 Å². The van der Waals surface area contributed by atoms with Crippen LogP contribution in [0.25, 0.3) is 21.5 Å². The fourth-order valence-electron chi connectivity index (χ4n) is 4.79. The predicted octanol–water partition coefficient (Wildman–Crippen LogP) is 8.22. The highest BCUT2D eigenvalue weighted by Gasteiger charge is 2.44. The van der Waals surface area contributed by atoms with Gasteiger partial charge in [-0.1, -0.05) is 86.0 Å². The Morgan fingerprint density at radius 1 is 0.656 bits per heavy atom. The number of rotatable bonds is 1. The first-order chi connectivity index (χ1) is 15.4. The maximum Gasteiger partial charge on any atom is 0.148 e. The highest BCUT2D eigenvalue weighted by atomic mass is 79.9. The fraction of sp³-hybridized carbons (Fsp3) is 0.0714. The van der Waals surface area contributed by atoms with Crippen LogP contribution < -0.4 is 4.74 Å². The first kappa shape index (κ1) is 20.0. The Kier molecular flexibility index (Phi) is 4.48. The molecule has 0 atom stereocenters. The summed E-state index contributed by atoms with van der Waals surface area (Å²) in [6.45, 7) is 2.05. The number of hydrogen-bond donors (Lipinski definition) is 1. The molecule has 4 heteroatoms. The zero-order chi connectivity index (χ0) is 22.0. The lowest BCUT2D eigenvalue weighted by molar-refractivity contribution is 0.116. The van der Waals surface area contributed by atoms with E-state index < -0.39 is 5.60 Å². The van der Waals surface area contributed by atoms with Gasteiger partial charge in [0.05, 0.1) is 0 Å². The molecule has 32 heavy (non-hydrogen) atoms. The lowest BCUT2D eigenvalue weighted by Gasteiger charge is -2.38. The van der Waals surface area contributed by atoms with E-state index >= 15 is 0 Å². The summed E-state index contributed by atoms with van der Waals surface area (Å²) >= 11 is 7.23. The second-order valence-corrected chi connectivity index (χ2v) is 10.1. The second-order valence-electron chi connectivity index (χ2n) is 8.29. The van der Waals surface area contributed by atoms with E-state index in [-0.39, 0.29) is 0 Å². The van der Waals surface area contributed by atoms with E-state index in [0.717, 1.165) is 52.7 Å². The topological polar surface area (TPSA) is 29.5 Å². The molecule has 0 spiro atoms. The van der Waals surface area contributed by atoms with E-state index in [4.69, 9.17) is 4.74 Å². The Labute approximate surface area is 202 Å². The second kappa shape index (κ2) is 7.17. The van der Waals surface area contributed by atoms with Crippen molar-refractivity contribution in [1.82, 2.24) is 0 Å². The fourth-order valence-corrected chi connectivity index (χ4v) is 5.51. The molecular formula is C28H18Br2O2. The third kappa shape index (κ3) is 2.87. The normalized spacial score (nSPS) is 14.1. The Balaban J connectivity index is 1.81. The summed E-state index contributed by atoms with van der Waals surface area (Å²) in [4.78, 5) is 0. The van der Waals surface area contributed by atoms with E-state index in [1.165, 1.54) is 0 Å². The van der Waals surface area contributed by atoms with Gasteiger partial charge in [-0.3, -0.25) is 0 Å². The van der Waals surface area contributed by atoms with Gasteiger partial charge in [0.2, 0.25) is 0 Å². The third-order valence-corrected chi connectivity index (χ3v) is 7.29. The van der Waals surface area contributed by atoms with Gasteiger partial charge < -0.3 is 9.84 Å². The molecule has 0 saturated heterocycles. The Hall–Kier alpha value is -2.66. The minimum Gasteiger partial charge on any atom is -0.456 e. The lowest BCUT2D eigenvalue weighted by Crippen LogP contribution is -2.33. The van der Waals surface area contributed by atoms with Crippen LogP contribution in [0.4, 0.5) is 0 Å². The molecule has 0 bridgehead atoms. The first-order valence-electron chi connectivity index (χ1n) is 10.4. The minimum atomic E-state index is -1.39. The van der Waals surface area contributed by atoms with Gasteiger partial charge in [0.1, 0.15) is 17.1 Å². The first-order valence-corrected chi connectivity index (χ1v) is 12.0. The van der Waals surface area contributed by atoms with Gasteiger partial charge in [0.15, 0.2) is 0 Å². The van der Waals surface area contributed by atoms with E-state index in [0.29, 0.717) is 11.5 Å². The van der Waals surface area contributed by atoms with Gasteiger partial charge in [-0.15, -0.1) is 0 Å². The van der Waals surface area contributed by atoms with Crippen LogP contribution >= 0.6 is 31.9 Å². The Morgan fingerprint density at radius 2 is 1.12 bits per heavy atom. The SMILES string of the molecule is Cc1ccc(C2(O)c3c(ccc4ccc(Br)cc34)Oc3ccc4ccc(Br)cc4c32)cc1. The summed E-state index contributed by atoms with van der Waals surface area (Å²) in [6, 6.07) is 28.4. The Morgan fingerprint density at radius 3 is 1.62 bits per heavy atom. The standard InChI is InChI=1S/C28H18Br2O2/c1-16-2-8-19(9-3-16)28(31)26-22-14-20(29)10-4-17(22)6-12-24(26)32-25-13-7-18-5-11-21(30)15-23(18)27(25)28/h2-15,31H,1H3. The highest BCUT2D eigenvalue weighted by Crippen LogP contribution is 2.54. The molecule has 0 amide bonds. The maximum absolute atomic E-state index is 12.8. The van der Waals surface area contributed by atoms with Crippen molar-refractivity contribution in [3.8, 4) is 11.5 Å². The molecule has 156 valence electrons. The van der Waals surface area contributed by atoms with Gasteiger partial charge in [-0.05, 0) is 70.4 Å². The number of aliphatic hydroxyl groups is 1. The number of benzene rings is 5. The molecule has 0 aliphatic carbocycles. The van der Waals surface area contributed by atoms with Crippen molar-refractivity contribution in [2.75, 3.05) is 0 Å². The average Bonchev–Trinajstić information content (AvgIpc) is 2.78. The van der Waals surface area contributed by atoms with Crippen LogP contribution in [0, 0.1) is 6.92 Å². The number of hydrogen-bond acceptors (Lipinski definition) is 2. The third-order valence-electron chi connectivity index (χ3n) is 6.30. The zero-order valence-corrected chi connectivity index (χ0v) is 20.4. The van der Waals surface area contributed by atoms with Gasteiger partial charge in [-0.2, -0.15) is 0 Å². The summed E-state index contributed by atoms with van der Waals surface area (Å²) in [7, 11) is 0. The summed E-state index contributed by atoms with van der Waals surface area (Å²) in [5, 5.41) is 16.8. The Bertz CT molecular complexity index is 1450. The molecule has 0 saturated carbocycles. The smallest absolute Gasteiger partial charge is 0.148 e. The van der Waals surface area contributed by atoms with Crippen molar-refractivity contribution >= 4 is 53.4 Å². The monoisotopic (exact) mass is 544 g/mol. The summed E-state index contributed by atoms with van der Waals surface area (Å²) in [6.07, 6.45) is 0. The van der Waals surface area contributed by atoms with Crippen LogP contribution in [0.15, 0.2) is 93.9 Å². The van der Waals surface area contributed by atoms with Crippen LogP contribution in [0.5, 0.6) is 11.5 Å². The van der Waals surface area contributed by atoms with Gasteiger partial charge >= 0.3 is 0 Å². The predicted molar refractivity (Wildman–Crippen MR) is 137 cm³/mol. The molecule has 1 aliphatic heterocycles. The van der Waals surface area contributed by atoms with Gasteiger partial charge in [-0.25, -0.2) is 0 Å². The van der Waals surface area contributed by atoms with Crippen molar-refractivity contribution in [2.24, 2.45) is 0 Å². The van der Waals surface area contributed by atoms with Crippen LogP contribution in [0.3, 0.4) is 0 Å². The van der Waals surface area contributed by atoms with Crippen molar-refractivity contribution in [1.29, 1.82) is 0 Å². The van der Waals surface area contributed by atoms with Crippen molar-refractivity contribution < 1.29 is 9.84 Å². The minimum absolute atomic E-state index is 0.667. The summed E-state index contributed by atoms with van der Waals surface area (Å²) in [5.41, 5.74) is 2.09. The maximum atomic E-state index is 12.8. The summed E-state index contributed by atoms with van der Waals surface area (Å²) in [5.74, 6) is 1.33. The summed E-state index contributed by atoms with van der Waals surface area (Å²) < 4.78 is 8.33. The van der Waals surface area contributed by atoms with Crippen LogP contribution in [-0.4, -0.2) is 5.11 Å². The van der Waals surface area contributed by atoms with E-state index in [1.807, 2.05) is 60.7 Å². The number of aryl methyl sites for hydroxylation is 1. The molecule has 6 rings (SSSR count). The number of fused-ring (bicyclic) bond motifs is 6. The molecule has 1 aliphatic rings. The molecule has 2 nitrogen and oxygen atoms in total. The van der Waals surface area contributed by atoms with Crippen LogP contribution in [-0.2, 0) is 5.60 Å². The molecule has 0 fully saturated rings. The van der Waals surface area contributed by atoms with E-state index in [1.54, 1.807) is 0 Å². The highest BCUT2D eigenvalue weighted by molar-refractivity contribution is 9.10. The van der Waals surface area contributed by atoms with Crippen molar-refractivity contribution in [3.63, 3.8) is 0 Å².